The highest BCUT2D eigenvalue weighted by Gasteiger charge is 2.03. The molecule has 21 heavy (non-hydrogen) atoms. The van der Waals surface area contributed by atoms with Crippen LogP contribution in [0.15, 0.2) is 23.3 Å². The standard InChI is InChI=1S/C16H25N5/c1-5-11-18-16(17-6-2)20-13-14-9-10-15(19-12-14)21(7-3)8-4/h1,9-10,12H,6-8,11,13H2,2-4H3,(H2,17,18,20). The van der Waals surface area contributed by atoms with E-state index in [4.69, 9.17) is 6.42 Å². The second-order valence-electron chi connectivity index (χ2n) is 4.45. The van der Waals surface area contributed by atoms with Gasteiger partial charge in [0, 0.05) is 25.8 Å². The molecular formula is C16H25N5. The Morgan fingerprint density at radius 2 is 2.05 bits per heavy atom. The molecular weight excluding hydrogens is 262 g/mol. The molecule has 2 N–H and O–H groups in total. The van der Waals surface area contributed by atoms with Crippen LogP contribution >= 0.6 is 0 Å². The summed E-state index contributed by atoms with van der Waals surface area (Å²) >= 11 is 0. The van der Waals surface area contributed by atoms with Gasteiger partial charge in [-0.05, 0) is 32.4 Å². The number of pyridine rings is 1. The van der Waals surface area contributed by atoms with Gasteiger partial charge >= 0.3 is 0 Å². The lowest BCUT2D eigenvalue weighted by molar-refractivity contribution is 0.840. The van der Waals surface area contributed by atoms with E-state index < -0.39 is 0 Å². The molecule has 0 saturated heterocycles. The topological polar surface area (TPSA) is 52.6 Å². The summed E-state index contributed by atoms with van der Waals surface area (Å²) in [4.78, 5) is 11.2. The second kappa shape index (κ2) is 9.65. The minimum Gasteiger partial charge on any atom is -0.357 e. The third-order valence-electron chi connectivity index (χ3n) is 3.02. The number of anilines is 1. The van der Waals surface area contributed by atoms with Gasteiger partial charge in [0.05, 0.1) is 13.1 Å². The molecule has 0 spiro atoms. The molecule has 0 aromatic carbocycles. The van der Waals surface area contributed by atoms with Crippen molar-refractivity contribution in [2.75, 3.05) is 31.1 Å². The fraction of sp³-hybridized carbons (Fsp3) is 0.500. The van der Waals surface area contributed by atoms with E-state index in [-0.39, 0.29) is 0 Å². The van der Waals surface area contributed by atoms with Gasteiger partial charge in [-0.1, -0.05) is 12.0 Å². The summed E-state index contributed by atoms with van der Waals surface area (Å²) in [6, 6.07) is 4.11. The Balaban J connectivity index is 2.67. The number of nitrogens with zero attached hydrogens (tertiary/aromatic N) is 3. The summed E-state index contributed by atoms with van der Waals surface area (Å²) in [5, 5.41) is 6.21. The van der Waals surface area contributed by atoms with Crippen LogP contribution in [0.1, 0.15) is 26.3 Å². The Hall–Kier alpha value is -2.22. The van der Waals surface area contributed by atoms with Gasteiger partial charge in [0.25, 0.3) is 0 Å². The van der Waals surface area contributed by atoms with E-state index >= 15 is 0 Å². The highest BCUT2D eigenvalue weighted by Crippen LogP contribution is 2.11. The Bertz CT molecular complexity index is 468. The lowest BCUT2D eigenvalue weighted by atomic mass is 10.3. The summed E-state index contributed by atoms with van der Waals surface area (Å²) in [5.74, 6) is 4.27. The van der Waals surface area contributed by atoms with Crippen molar-refractivity contribution in [3.63, 3.8) is 0 Å². The maximum absolute atomic E-state index is 5.24. The SMILES string of the molecule is C#CCNC(=NCc1ccc(N(CC)CC)nc1)NCC. The van der Waals surface area contributed by atoms with Crippen molar-refractivity contribution in [1.29, 1.82) is 0 Å². The number of terminal acetylenes is 1. The lowest BCUT2D eigenvalue weighted by Crippen LogP contribution is -2.37. The summed E-state index contributed by atoms with van der Waals surface area (Å²) in [6.45, 7) is 10.0. The maximum atomic E-state index is 5.24. The smallest absolute Gasteiger partial charge is 0.192 e. The molecule has 0 aliphatic rings. The van der Waals surface area contributed by atoms with Gasteiger partial charge < -0.3 is 15.5 Å². The zero-order valence-corrected chi connectivity index (χ0v) is 13.2. The highest BCUT2D eigenvalue weighted by atomic mass is 15.2. The fourth-order valence-electron chi connectivity index (χ4n) is 1.89. The molecule has 0 aliphatic carbocycles. The minimum absolute atomic E-state index is 0.463. The van der Waals surface area contributed by atoms with Gasteiger partial charge in [-0.2, -0.15) is 0 Å². The van der Waals surface area contributed by atoms with Crippen LogP contribution in [0.5, 0.6) is 0 Å². The van der Waals surface area contributed by atoms with Crippen LogP contribution in [0.4, 0.5) is 5.82 Å². The van der Waals surface area contributed by atoms with Gasteiger partial charge in [-0.25, -0.2) is 9.98 Å². The number of nitrogens with one attached hydrogen (secondary N) is 2. The van der Waals surface area contributed by atoms with E-state index in [0.29, 0.717) is 13.1 Å². The van der Waals surface area contributed by atoms with Gasteiger partial charge in [-0.15, -0.1) is 6.42 Å². The molecule has 1 aromatic rings. The van der Waals surface area contributed by atoms with E-state index in [1.54, 1.807) is 0 Å². The van der Waals surface area contributed by atoms with Gasteiger partial charge in [0.15, 0.2) is 5.96 Å². The molecule has 114 valence electrons. The number of guanidine groups is 1. The first-order valence-electron chi connectivity index (χ1n) is 7.40. The van der Waals surface area contributed by atoms with E-state index in [1.165, 1.54) is 0 Å². The molecule has 0 fully saturated rings. The van der Waals surface area contributed by atoms with Crippen LogP contribution in [0.25, 0.3) is 0 Å². The fourth-order valence-corrected chi connectivity index (χ4v) is 1.89. The molecule has 1 heterocycles. The molecule has 1 rings (SSSR count). The van der Waals surface area contributed by atoms with Crippen LogP contribution in [0.3, 0.4) is 0 Å². The van der Waals surface area contributed by atoms with Crippen LogP contribution in [0.2, 0.25) is 0 Å². The van der Waals surface area contributed by atoms with Crippen molar-refractivity contribution in [2.24, 2.45) is 4.99 Å². The average molecular weight is 287 g/mol. The zero-order chi connectivity index (χ0) is 15.5. The molecule has 0 amide bonds. The Morgan fingerprint density at radius 1 is 1.29 bits per heavy atom. The maximum Gasteiger partial charge on any atom is 0.192 e. The number of hydrogen-bond acceptors (Lipinski definition) is 3. The summed E-state index contributed by atoms with van der Waals surface area (Å²) < 4.78 is 0. The second-order valence-corrected chi connectivity index (χ2v) is 4.45. The number of rotatable bonds is 7. The predicted octanol–water partition coefficient (Wildman–Crippen LogP) is 1.62. The van der Waals surface area contributed by atoms with E-state index in [2.05, 4.69) is 51.3 Å². The van der Waals surface area contributed by atoms with Crippen molar-refractivity contribution >= 4 is 11.8 Å². The number of aromatic nitrogens is 1. The molecule has 0 atom stereocenters. The van der Waals surface area contributed by atoms with Crippen molar-refractivity contribution in [3.05, 3.63) is 23.9 Å². The van der Waals surface area contributed by atoms with Crippen molar-refractivity contribution in [2.45, 2.75) is 27.3 Å². The Morgan fingerprint density at radius 3 is 2.57 bits per heavy atom. The molecule has 0 bridgehead atoms. The average Bonchev–Trinajstić information content (AvgIpc) is 2.52. The monoisotopic (exact) mass is 287 g/mol. The minimum atomic E-state index is 0.463. The Kier molecular flexibility index (Phi) is 7.73. The third kappa shape index (κ3) is 5.74. The lowest BCUT2D eigenvalue weighted by Gasteiger charge is -2.19. The van der Waals surface area contributed by atoms with Crippen molar-refractivity contribution < 1.29 is 0 Å². The highest BCUT2D eigenvalue weighted by molar-refractivity contribution is 5.79. The van der Waals surface area contributed by atoms with Crippen LogP contribution in [-0.4, -0.2) is 37.1 Å². The molecule has 0 saturated carbocycles. The largest absolute Gasteiger partial charge is 0.357 e. The third-order valence-corrected chi connectivity index (χ3v) is 3.02. The molecule has 1 aromatic heterocycles. The molecule has 0 aliphatic heterocycles. The number of aliphatic imine (C=N–C) groups is 1. The quantitative estimate of drug-likeness (QED) is 0.454. The van der Waals surface area contributed by atoms with E-state index in [1.807, 2.05) is 19.2 Å². The summed E-state index contributed by atoms with van der Waals surface area (Å²) in [7, 11) is 0. The number of hydrogen-bond donors (Lipinski definition) is 2. The molecule has 0 unspecified atom stereocenters. The van der Waals surface area contributed by atoms with Crippen LogP contribution < -0.4 is 15.5 Å². The van der Waals surface area contributed by atoms with Crippen molar-refractivity contribution in [1.82, 2.24) is 15.6 Å². The first kappa shape index (κ1) is 16.8. The van der Waals surface area contributed by atoms with Crippen LogP contribution in [0, 0.1) is 12.3 Å². The molecule has 0 radical (unpaired) electrons. The summed E-state index contributed by atoms with van der Waals surface area (Å²) in [5.41, 5.74) is 1.07. The predicted molar refractivity (Wildman–Crippen MR) is 89.4 cm³/mol. The zero-order valence-electron chi connectivity index (χ0n) is 13.2. The summed E-state index contributed by atoms with van der Waals surface area (Å²) in [6.07, 6.45) is 7.12. The van der Waals surface area contributed by atoms with E-state index in [9.17, 15) is 0 Å². The van der Waals surface area contributed by atoms with Gasteiger partial charge in [0.2, 0.25) is 0 Å². The van der Waals surface area contributed by atoms with E-state index in [0.717, 1.165) is 37.0 Å². The Labute approximate surface area is 127 Å². The van der Waals surface area contributed by atoms with Gasteiger partial charge in [-0.3, -0.25) is 0 Å². The van der Waals surface area contributed by atoms with Gasteiger partial charge in [0.1, 0.15) is 5.82 Å². The normalized spacial score (nSPS) is 10.9. The molecule has 5 heteroatoms. The molecule has 5 nitrogen and oxygen atoms in total. The van der Waals surface area contributed by atoms with Crippen LogP contribution in [-0.2, 0) is 6.54 Å². The first-order valence-corrected chi connectivity index (χ1v) is 7.40. The van der Waals surface area contributed by atoms with Crippen molar-refractivity contribution in [3.8, 4) is 12.3 Å². The first-order chi connectivity index (χ1) is 10.2.